The minimum atomic E-state index is -4.61. The Hall–Kier alpha value is -4.09. The Morgan fingerprint density at radius 3 is 2.39 bits per heavy atom. The fourth-order valence-electron chi connectivity index (χ4n) is 3.34. The summed E-state index contributed by atoms with van der Waals surface area (Å²) in [5, 5.41) is 6.62. The number of halogens is 3. The number of aromatic nitrogens is 3. The summed E-state index contributed by atoms with van der Waals surface area (Å²) in [7, 11) is 2.81. The molecule has 0 fully saturated rings. The third-order valence-electron chi connectivity index (χ3n) is 5.47. The summed E-state index contributed by atoms with van der Waals surface area (Å²) in [6, 6.07) is 8.33. The van der Waals surface area contributed by atoms with E-state index in [9.17, 15) is 27.6 Å². The third kappa shape index (κ3) is 5.58. The Bertz CT molecular complexity index is 1380. The first-order chi connectivity index (χ1) is 17.0. The minimum absolute atomic E-state index is 0.0439. The molecule has 0 saturated heterocycles. The number of carbonyl (C=O) groups is 1. The van der Waals surface area contributed by atoms with Gasteiger partial charge in [0.25, 0.3) is 11.5 Å². The highest BCUT2D eigenvalue weighted by Gasteiger charge is 2.30. The van der Waals surface area contributed by atoms with E-state index in [1.165, 1.54) is 44.6 Å². The molecular weight excluding hydrogens is 481 g/mol. The zero-order valence-corrected chi connectivity index (χ0v) is 20.0. The van der Waals surface area contributed by atoms with Gasteiger partial charge in [0.05, 0.1) is 32.0 Å². The zero-order chi connectivity index (χ0) is 26.6. The number of hydrogen-bond donors (Lipinski definition) is 1. The molecule has 9 nitrogen and oxygen atoms in total. The van der Waals surface area contributed by atoms with Crippen molar-refractivity contribution in [3.05, 3.63) is 80.1 Å². The van der Waals surface area contributed by atoms with Crippen molar-refractivity contribution in [3.63, 3.8) is 0 Å². The van der Waals surface area contributed by atoms with Crippen LogP contribution in [0.4, 0.5) is 13.2 Å². The number of nitrogens with zero attached hydrogens (tertiary/aromatic N) is 3. The van der Waals surface area contributed by atoms with Gasteiger partial charge in [-0.05, 0) is 43.2 Å². The van der Waals surface area contributed by atoms with E-state index in [0.717, 1.165) is 16.8 Å². The summed E-state index contributed by atoms with van der Waals surface area (Å²) in [6.45, 7) is 3.04. The van der Waals surface area contributed by atoms with Gasteiger partial charge in [-0.25, -0.2) is 4.79 Å². The Labute approximate surface area is 204 Å². The van der Waals surface area contributed by atoms with Crippen LogP contribution in [0.15, 0.2) is 52.1 Å². The topological polar surface area (TPSA) is 104 Å². The molecule has 36 heavy (non-hydrogen) atoms. The predicted octanol–water partition coefficient (Wildman–Crippen LogP) is 3.01. The van der Waals surface area contributed by atoms with Crippen LogP contribution in [0.3, 0.4) is 0 Å². The molecule has 0 bridgehead atoms. The maximum Gasteiger partial charge on any atom is 0.416 e. The van der Waals surface area contributed by atoms with Gasteiger partial charge in [0, 0.05) is 12.1 Å². The van der Waals surface area contributed by atoms with Gasteiger partial charge in [-0.15, -0.1) is 0 Å². The van der Waals surface area contributed by atoms with Gasteiger partial charge in [-0.2, -0.15) is 23.0 Å². The first kappa shape index (κ1) is 26.5. The molecule has 0 spiro atoms. The van der Waals surface area contributed by atoms with Crippen LogP contribution in [0, 0.1) is 0 Å². The average molecular weight is 506 g/mol. The molecule has 0 aliphatic carbocycles. The first-order valence-corrected chi connectivity index (χ1v) is 10.9. The van der Waals surface area contributed by atoms with Crippen LogP contribution >= 0.6 is 0 Å². The van der Waals surface area contributed by atoms with Gasteiger partial charge >= 0.3 is 11.9 Å². The van der Waals surface area contributed by atoms with E-state index in [1.54, 1.807) is 6.92 Å². The maximum atomic E-state index is 13.3. The molecule has 1 heterocycles. The van der Waals surface area contributed by atoms with Gasteiger partial charge < -0.3 is 14.8 Å². The second kappa shape index (κ2) is 10.7. The molecule has 1 atom stereocenters. The fraction of sp³-hybridized carbons (Fsp3) is 0.333. The first-order valence-electron chi connectivity index (χ1n) is 10.9. The van der Waals surface area contributed by atoms with Gasteiger partial charge in [-0.3, -0.25) is 14.2 Å². The summed E-state index contributed by atoms with van der Waals surface area (Å²) in [6.07, 6.45) is -4.04. The van der Waals surface area contributed by atoms with Crippen molar-refractivity contribution in [1.82, 2.24) is 19.7 Å². The molecule has 1 N–H and O–H groups in total. The Kier molecular flexibility index (Phi) is 7.86. The SMILES string of the molecule is CC[C@H](C)NC(=O)c1nn(-c2ccc(OC)c(OC)c2)c(=O)n(Cc2cccc(C(F)(F)F)c2)c1=O. The smallest absolute Gasteiger partial charge is 0.416 e. The summed E-state index contributed by atoms with van der Waals surface area (Å²) < 4.78 is 51.5. The lowest BCUT2D eigenvalue weighted by Gasteiger charge is -2.15. The van der Waals surface area contributed by atoms with Crippen LogP contribution in [-0.4, -0.2) is 40.5 Å². The Morgan fingerprint density at radius 1 is 1.08 bits per heavy atom. The van der Waals surface area contributed by atoms with Gasteiger partial charge in [0.1, 0.15) is 0 Å². The second-order valence-corrected chi connectivity index (χ2v) is 7.95. The molecular formula is C24H25F3N4O5. The van der Waals surface area contributed by atoms with Crippen LogP contribution in [0.5, 0.6) is 11.5 Å². The van der Waals surface area contributed by atoms with Crippen molar-refractivity contribution < 1.29 is 27.4 Å². The molecule has 0 unspecified atom stereocenters. The second-order valence-electron chi connectivity index (χ2n) is 7.95. The van der Waals surface area contributed by atoms with Crippen LogP contribution in [0.25, 0.3) is 5.69 Å². The van der Waals surface area contributed by atoms with Crippen LogP contribution < -0.4 is 26.0 Å². The highest BCUT2D eigenvalue weighted by Crippen LogP contribution is 2.30. The monoisotopic (exact) mass is 506 g/mol. The van der Waals surface area contributed by atoms with Crippen molar-refractivity contribution in [2.45, 2.75) is 39.0 Å². The van der Waals surface area contributed by atoms with Crippen LogP contribution in [-0.2, 0) is 12.7 Å². The Morgan fingerprint density at radius 2 is 1.78 bits per heavy atom. The van der Waals surface area contributed by atoms with Gasteiger partial charge in [0.15, 0.2) is 11.5 Å². The summed E-state index contributed by atoms with van der Waals surface area (Å²) in [4.78, 5) is 39.3. The standard InChI is InChI=1S/C24H25F3N4O5/c1-5-14(2)28-21(32)20-22(33)30(13-15-7-6-8-16(11-15)24(25,26)27)23(34)31(29-20)17-9-10-18(35-3)19(12-17)36-4/h6-12,14H,5,13H2,1-4H3,(H,28,32)/t14-/m0/s1. The number of rotatable bonds is 8. The maximum absolute atomic E-state index is 13.3. The van der Waals surface area contributed by atoms with Crippen molar-refractivity contribution in [2.75, 3.05) is 14.2 Å². The van der Waals surface area contributed by atoms with Crippen molar-refractivity contribution in [3.8, 4) is 17.2 Å². The molecule has 2 aromatic carbocycles. The van der Waals surface area contributed by atoms with E-state index in [2.05, 4.69) is 10.4 Å². The normalized spacial score (nSPS) is 12.2. The number of ether oxygens (including phenoxy) is 2. The summed E-state index contributed by atoms with van der Waals surface area (Å²) >= 11 is 0. The molecule has 0 aliphatic rings. The summed E-state index contributed by atoms with van der Waals surface area (Å²) in [5.41, 5.74) is -3.32. The lowest BCUT2D eigenvalue weighted by atomic mass is 10.1. The highest BCUT2D eigenvalue weighted by molar-refractivity contribution is 5.91. The van der Waals surface area contributed by atoms with Crippen LogP contribution in [0.2, 0.25) is 0 Å². The molecule has 1 amide bonds. The van der Waals surface area contributed by atoms with Crippen molar-refractivity contribution in [2.24, 2.45) is 0 Å². The molecule has 0 aliphatic heterocycles. The fourth-order valence-corrected chi connectivity index (χ4v) is 3.34. The predicted molar refractivity (Wildman–Crippen MR) is 125 cm³/mol. The Balaban J connectivity index is 2.22. The largest absolute Gasteiger partial charge is 0.493 e. The van der Waals surface area contributed by atoms with E-state index < -0.39 is 41.1 Å². The van der Waals surface area contributed by atoms with Crippen molar-refractivity contribution in [1.29, 1.82) is 0 Å². The molecule has 1 aromatic heterocycles. The molecule has 3 rings (SSSR count). The number of carbonyl (C=O) groups excluding carboxylic acids is 1. The number of nitrogens with one attached hydrogen (secondary N) is 1. The molecule has 192 valence electrons. The number of hydrogen-bond acceptors (Lipinski definition) is 6. The van der Waals surface area contributed by atoms with E-state index in [1.807, 2.05) is 6.92 Å². The molecule has 12 heteroatoms. The van der Waals surface area contributed by atoms with Crippen LogP contribution in [0.1, 0.15) is 41.9 Å². The van der Waals surface area contributed by atoms with E-state index in [4.69, 9.17) is 9.47 Å². The van der Waals surface area contributed by atoms with E-state index in [-0.39, 0.29) is 23.0 Å². The summed E-state index contributed by atoms with van der Waals surface area (Å²) in [5.74, 6) is -0.201. The van der Waals surface area contributed by atoms with Gasteiger partial charge in [-0.1, -0.05) is 19.1 Å². The lowest BCUT2D eigenvalue weighted by Crippen LogP contribution is -2.47. The number of benzene rings is 2. The van der Waals surface area contributed by atoms with Gasteiger partial charge in [0.2, 0.25) is 5.69 Å². The van der Waals surface area contributed by atoms with Crippen molar-refractivity contribution >= 4 is 5.91 Å². The highest BCUT2D eigenvalue weighted by atomic mass is 19.4. The van der Waals surface area contributed by atoms with E-state index >= 15 is 0 Å². The quantitative estimate of drug-likeness (QED) is 0.504. The average Bonchev–Trinajstić information content (AvgIpc) is 2.85. The number of alkyl halides is 3. The number of methoxy groups -OCH3 is 2. The number of amides is 1. The molecule has 3 aromatic rings. The zero-order valence-electron chi connectivity index (χ0n) is 20.0. The molecule has 0 saturated carbocycles. The third-order valence-corrected chi connectivity index (χ3v) is 5.47. The minimum Gasteiger partial charge on any atom is -0.493 e. The lowest BCUT2D eigenvalue weighted by molar-refractivity contribution is -0.137. The van der Waals surface area contributed by atoms with E-state index in [0.29, 0.717) is 16.7 Å². The molecule has 0 radical (unpaired) electrons.